The summed E-state index contributed by atoms with van der Waals surface area (Å²) in [4.78, 5) is 14.0. The minimum atomic E-state index is 0. The van der Waals surface area contributed by atoms with Crippen LogP contribution >= 0.6 is 24.0 Å². The van der Waals surface area contributed by atoms with Gasteiger partial charge in [0.1, 0.15) is 18.7 Å². The van der Waals surface area contributed by atoms with Gasteiger partial charge >= 0.3 is 0 Å². The number of piperazine rings is 1. The molecule has 2 aromatic rings. The van der Waals surface area contributed by atoms with Gasteiger partial charge in [0.15, 0.2) is 5.96 Å². The molecule has 0 radical (unpaired) electrons. The van der Waals surface area contributed by atoms with E-state index in [1.54, 1.807) is 11.0 Å². The molecule has 3 rings (SSSR count). The second-order valence-electron chi connectivity index (χ2n) is 6.83. The number of guanidine groups is 1. The third kappa shape index (κ3) is 5.66. The molecule has 0 amide bonds. The minimum absolute atomic E-state index is 0. The van der Waals surface area contributed by atoms with Crippen LogP contribution in [0.2, 0.25) is 0 Å². The Morgan fingerprint density at radius 2 is 1.86 bits per heavy atom. The fourth-order valence-electron chi connectivity index (χ4n) is 3.66. The molecule has 7 nitrogen and oxygen atoms in total. The summed E-state index contributed by atoms with van der Waals surface area (Å²) in [5, 5.41) is 7.54. The highest BCUT2D eigenvalue weighted by atomic mass is 127. The van der Waals surface area contributed by atoms with E-state index in [9.17, 15) is 0 Å². The Morgan fingerprint density at radius 3 is 2.43 bits per heavy atom. The SMILES string of the molecule is CCNC(=NCc1ncnn1C)N1CCN(C(CC)c2ccccc2)CC1.I. The quantitative estimate of drug-likeness (QED) is 0.378. The summed E-state index contributed by atoms with van der Waals surface area (Å²) >= 11 is 0. The van der Waals surface area contributed by atoms with Crippen molar-refractivity contribution >= 4 is 29.9 Å². The fraction of sp³-hybridized carbons (Fsp3) is 0.550. The van der Waals surface area contributed by atoms with E-state index in [-0.39, 0.29) is 24.0 Å². The summed E-state index contributed by atoms with van der Waals surface area (Å²) in [6.45, 7) is 9.83. The third-order valence-corrected chi connectivity index (χ3v) is 5.14. The average Bonchev–Trinajstić information content (AvgIpc) is 3.12. The molecule has 0 spiro atoms. The van der Waals surface area contributed by atoms with Gasteiger partial charge in [-0.25, -0.2) is 9.98 Å². The first-order valence-corrected chi connectivity index (χ1v) is 9.88. The number of halogens is 1. The van der Waals surface area contributed by atoms with E-state index in [1.807, 2.05) is 7.05 Å². The Kier molecular flexibility index (Phi) is 9.17. The molecule has 1 unspecified atom stereocenters. The van der Waals surface area contributed by atoms with Crippen LogP contribution in [0.5, 0.6) is 0 Å². The van der Waals surface area contributed by atoms with Gasteiger partial charge in [0.25, 0.3) is 0 Å². The number of hydrogen-bond donors (Lipinski definition) is 1. The van der Waals surface area contributed by atoms with E-state index >= 15 is 0 Å². The van der Waals surface area contributed by atoms with Crippen molar-refractivity contribution in [2.45, 2.75) is 32.9 Å². The molecular formula is C20H32IN7. The van der Waals surface area contributed by atoms with Crippen LogP contribution in [0.1, 0.15) is 37.7 Å². The molecule has 28 heavy (non-hydrogen) atoms. The van der Waals surface area contributed by atoms with Crippen LogP contribution in [0.15, 0.2) is 41.7 Å². The molecule has 0 bridgehead atoms. The summed E-state index contributed by atoms with van der Waals surface area (Å²) in [5.41, 5.74) is 1.41. The van der Waals surface area contributed by atoms with E-state index in [2.05, 4.69) is 69.4 Å². The molecule has 1 aromatic heterocycles. The van der Waals surface area contributed by atoms with Crippen molar-refractivity contribution in [3.05, 3.63) is 48.0 Å². The van der Waals surface area contributed by atoms with Gasteiger partial charge in [-0.3, -0.25) is 9.58 Å². The van der Waals surface area contributed by atoms with Crippen molar-refractivity contribution in [3.63, 3.8) is 0 Å². The van der Waals surface area contributed by atoms with Gasteiger partial charge in [0, 0.05) is 45.8 Å². The van der Waals surface area contributed by atoms with E-state index in [1.165, 1.54) is 5.56 Å². The topological polar surface area (TPSA) is 61.6 Å². The van der Waals surface area contributed by atoms with E-state index in [4.69, 9.17) is 4.99 Å². The Morgan fingerprint density at radius 1 is 1.14 bits per heavy atom. The van der Waals surface area contributed by atoms with E-state index in [0.29, 0.717) is 12.6 Å². The van der Waals surface area contributed by atoms with Gasteiger partial charge in [-0.1, -0.05) is 37.3 Å². The van der Waals surface area contributed by atoms with Crippen LogP contribution in [0, 0.1) is 0 Å². The van der Waals surface area contributed by atoms with Gasteiger partial charge < -0.3 is 10.2 Å². The summed E-state index contributed by atoms with van der Waals surface area (Å²) < 4.78 is 1.77. The maximum Gasteiger partial charge on any atom is 0.194 e. The van der Waals surface area contributed by atoms with Gasteiger partial charge in [-0.2, -0.15) is 5.10 Å². The Labute approximate surface area is 185 Å². The maximum atomic E-state index is 4.78. The molecule has 1 aliphatic heterocycles. The van der Waals surface area contributed by atoms with Gasteiger partial charge in [-0.05, 0) is 18.9 Å². The van der Waals surface area contributed by atoms with Gasteiger partial charge in [0.05, 0.1) is 0 Å². The summed E-state index contributed by atoms with van der Waals surface area (Å²) in [7, 11) is 1.90. The van der Waals surface area contributed by atoms with Crippen molar-refractivity contribution in [2.24, 2.45) is 12.0 Å². The second-order valence-corrected chi connectivity index (χ2v) is 6.83. The van der Waals surface area contributed by atoms with Crippen LogP contribution in [-0.4, -0.2) is 63.2 Å². The molecule has 0 aliphatic carbocycles. The minimum Gasteiger partial charge on any atom is -0.357 e. The normalized spacial score (nSPS) is 16.5. The smallest absolute Gasteiger partial charge is 0.194 e. The highest BCUT2D eigenvalue weighted by Gasteiger charge is 2.25. The summed E-state index contributed by atoms with van der Waals surface area (Å²) in [5.74, 6) is 1.84. The molecule has 1 aromatic carbocycles. The molecule has 1 aliphatic rings. The van der Waals surface area contributed by atoms with Gasteiger partial charge in [-0.15, -0.1) is 24.0 Å². The van der Waals surface area contributed by atoms with Gasteiger partial charge in [0.2, 0.25) is 0 Å². The molecule has 1 fully saturated rings. The van der Waals surface area contributed by atoms with Crippen LogP contribution in [0.4, 0.5) is 0 Å². The first kappa shape index (κ1) is 22.6. The first-order valence-electron chi connectivity index (χ1n) is 9.88. The number of aryl methyl sites for hydroxylation is 1. The molecule has 1 saturated heterocycles. The lowest BCUT2D eigenvalue weighted by atomic mass is 10.0. The van der Waals surface area contributed by atoms with E-state index in [0.717, 1.165) is 50.9 Å². The van der Waals surface area contributed by atoms with Crippen LogP contribution in [0.3, 0.4) is 0 Å². The van der Waals surface area contributed by atoms with Crippen molar-refractivity contribution in [2.75, 3.05) is 32.7 Å². The molecule has 0 saturated carbocycles. The molecule has 154 valence electrons. The average molecular weight is 497 g/mol. The lowest BCUT2D eigenvalue weighted by Crippen LogP contribution is -2.53. The Hall–Kier alpha value is -1.68. The number of aromatic nitrogens is 3. The zero-order valence-electron chi connectivity index (χ0n) is 17.1. The lowest BCUT2D eigenvalue weighted by Gasteiger charge is -2.40. The monoisotopic (exact) mass is 497 g/mol. The number of benzene rings is 1. The largest absolute Gasteiger partial charge is 0.357 e. The zero-order valence-corrected chi connectivity index (χ0v) is 19.4. The van der Waals surface area contributed by atoms with Crippen molar-refractivity contribution in [3.8, 4) is 0 Å². The second kappa shape index (κ2) is 11.4. The standard InChI is InChI=1S/C20H31N7.HI/c1-4-18(17-9-7-6-8-10-17)26-11-13-27(14-12-26)20(21-5-2)22-15-19-23-16-24-25(19)3;/h6-10,16,18H,4-5,11-15H2,1-3H3,(H,21,22);1H. The molecule has 1 atom stereocenters. The molecule has 1 N–H and O–H groups in total. The molecule has 8 heteroatoms. The number of hydrogen-bond acceptors (Lipinski definition) is 4. The van der Waals surface area contributed by atoms with Crippen molar-refractivity contribution < 1.29 is 0 Å². The van der Waals surface area contributed by atoms with Crippen molar-refractivity contribution in [1.29, 1.82) is 0 Å². The van der Waals surface area contributed by atoms with E-state index < -0.39 is 0 Å². The number of nitrogens with one attached hydrogen (secondary N) is 1. The maximum absolute atomic E-state index is 4.78. The number of nitrogens with zero attached hydrogens (tertiary/aromatic N) is 6. The molecular weight excluding hydrogens is 465 g/mol. The Balaban J connectivity index is 0.00000280. The van der Waals surface area contributed by atoms with Crippen LogP contribution in [-0.2, 0) is 13.6 Å². The van der Waals surface area contributed by atoms with Crippen LogP contribution < -0.4 is 5.32 Å². The van der Waals surface area contributed by atoms with Crippen molar-refractivity contribution in [1.82, 2.24) is 29.9 Å². The predicted molar refractivity (Wildman–Crippen MR) is 124 cm³/mol. The highest BCUT2D eigenvalue weighted by Crippen LogP contribution is 2.25. The summed E-state index contributed by atoms with van der Waals surface area (Å²) in [6.07, 6.45) is 2.70. The fourth-order valence-corrected chi connectivity index (χ4v) is 3.66. The Bertz CT molecular complexity index is 723. The lowest BCUT2D eigenvalue weighted by molar-refractivity contribution is 0.127. The number of rotatable bonds is 6. The predicted octanol–water partition coefficient (Wildman–Crippen LogP) is 2.67. The number of aliphatic imine (C=N–C) groups is 1. The zero-order chi connectivity index (χ0) is 19.1. The summed E-state index contributed by atoms with van der Waals surface area (Å²) in [6, 6.07) is 11.3. The highest BCUT2D eigenvalue weighted by molar-refractivity contribution is 14.0. The molecule has 2 heterocycles. The van der Waals surface area contributed by atoms with Crippen LogP contribution in [0.25, 0.3) is 0 Å². The first-order chi connectivity index (χ1) is 13.2. The third-order valence-electron chi connectivity index (χ3n) is 5.14.